The fourth-order valence-electron chi connectivity index (χ4n) is 8.91. The number of aromatic nitrogens is 2. The van der Waals surface area contributed by atoms with Gasteiger partial charge in [-0.25, -0.2) is 0 Å². The first-order chi connectivity index (χ1) is 33.9. The molecule has 0 bridgehead atoms. The Morgan fingerprint density at radius 2 is 0.943 bits per heavy atom. The molecule has 0 fully saturated rings. The van der Waals surface area contributed by atoms with Crippen LogP contribution in [0.1, 0.15) is 63.8 Å². The van der Waals surface area contributed by atoms with Crippen LogP contribution in [-0.4, -0.2) is 62.6 Å². The van der Waals surface area contributed by atoms with E-state index in [2.05, 4.69) is 69.1 Å². The molecule has 8 aromatic rings. The first kappa shape index (κ1) is 50.1. The number of H-pyrrole nitrogens is 2. The lowest BCUT2D eigenvalue weighted by molar-refractivity contribution is -0.134. The zero-order valence-corrected chi connectivity index (χ0v) is 42.1. The topological polar surface area (TPSA) is 148 Å². The lowest BCUT2D eigenvalue weighted by Gasteiger charge is -2.25. The summed E-state index contributed by atoms with van der Waals surface area (Å²) in [6.07, 6.45) is 1.92. The number of halogens is 4. The van der Waals surface area contributed by atoms with E-state index in [0.29, 0.717) is 44.8 Å². The lowest BCUT2D eigenvalue weighted by atomic mass is 9.93. The Morgan fingerprint density at radius 3 is 1.31 bits per heavy atom. The Kier molecular flexibility index (Phi) is 16.2. The molecule has 16 heteroatoms. The first-order valence-electron chi connectivity index (χ1n) is 22.4. The molecule has 0 radical (unpaired) electrons. The predicted molar refractivity (Wildman–Crippen MR) is 278 cm³/mol. The van der Waals surface area contributed by atoms with Gasteiger partial charge in [0.15, 0.2) is 0 Å². The van der Waals surface area contributed by atoms with Gasteiger partial charge >= 0.3 is 0 Å². The summed E-state index contributed by atoms with van der Waals surface area (Å²) in [6.45, 7) is 3.50. The maximum Gasteiger partial charge on any atom is 0.300 e. The van der Waals surface area contributed by atoms with Crippen molar-refractivity contribution in [1.29, 1.82) is 0 Å². The number of carboxylic acids is 1. The third-order valence-electron chi connectivity index (χ3n) is 12.1. The second kappa shape index (κ2) is 22.7. The van der Waals surface area contributed by atoms with E-state index in [9.17, 15) is 0 Å². The molecule has 4 heterocycles. The lowest BCUT2D eigenvalue weighted by Crippen LogP contribution is -2.30. The number of aliphatic carboxylic acids is 1. The van der Waals surface area contributed by atoms with Crippen LogP contribution in [0.3, 0.4) is 0 Å². The summed E-state index contributed by atoms with van der Waals surface area (Å²) in [5.74, 6) is 3.59. The molecule has 6 aromatic carbocycles. The van der Waals surface area contributed by atoms with Crippen molar-refractivity contribution in [3.8, 4) is 34.5 Å². The molecule has 2 unspecified atom stereocenters. The molecule has 364 valence electrons. The molecule has 0 saturated heterocycles. The van der Waals surface area contributed by atoms with Gasteiger partial charge in [-0.2, -0.15) is 0 Å². The summed E-state index contributed by atoms with van der Waals surface area (Å²) < 4.78 is 34.0. The Labute approximate surface area is 426 Å². The number of hydrogen-bond donors (Lipinski definition) is 5. The van der Waals surface area contributed by atoms with E-state index in [1.54, 1.807) is 64.8 Å². The molecule has 0 aliphatic carbocycles. The number of ether oxygens (including phenoxy) is 6. The van der Waals surface area contributed by atoms with E-state index in [1.807, 2.05) is 24.3 Å². The third-order valence-corrected chi connectivity index (χ3v) is 13.2. The summed E-state index contributed by atoms with van der Waals surface area (Å²) in [4.78, 5) is 16.2. The van der Waals surface area contributed by atoms with Gasteiger partial charge in [-0.3, -0.25) is 4.79 Å². The van der Waals surface area contributed by atoms with Gasteiger partial charge in [0.2, 0.25) is 0 Å². The minimum absolute atomic E-state index is 0.0379. The molecule has 2 aromatic heterocycles. The van der Waals surface area contributed by atoms with Crippen LogP contribution in [-0.2, 0) is 30.8 Å². The maximum absolute atomic E-state index is 9.00. The number of rotatable bonds is 12. The van der Waals surface area contributed by atoms with Gasteiger partial charge in [0.1, 0.15) is 47.7 Å². The van der Waals surface area contributed by atoms with Crippen LogP contribution in [0.15, 0.2) is 109 Å². The monoisotopic (exact) mass is 1020 g/mol. The van der Waals surface area contributed by atoms with Crippen molar-refractivity contribution in [2.75, 3.05) is 41.5 Å². The molecular formula is C54H52Cl4N4O8. The number of hydrogen-bond acceptors (Lipinski definition) is 9. The van der Waals surface area contributed by atoms with E-state index in [-0.39, 0.29) is 12.1 Å². The summed E-state index contributed by atoms with van der Waals surface area (Å²) in [6, 6.07) is 35.2. The van der Waals surface area contributed by atoms with Gasteiger partial charge in [-0.05, 0) is 132 Å². The summed E-state index contributed by atoms with van der Waals surface area (Å²) >= 11 is 24.5. The Balaban J connectivity index is 0.000000175. The summed E-state index contributed by atoms with van der Waals surface area (Å²) in [5.41, 5.74) is 11.4. The number of nitrogens with one attached hydrogen (secondary N) is 4. The first-order valence-corrected chi connectivity index (χ1v) is 23.9. The fourth-order valence-corrected chi connectivity index (χ4v) is 9.84. The molecule has 2 aliphatic heterocycles. The van der Waals surface area contributed by atoms with Crippen molar-refractivity contribution in [3.63, 3.8) is 0 Å². The van der Waals surface area contributed by atoms with Crippen molar-refractivity contribution >= 4 is 74.2 Å². The van der Waals surface area contributed by atoms with Gasteiger partial charge in [0.25, 0.3) is 5.97 Å². The minimum atomic E-state index is -0.833. The van der Waals surface area contributed by atoms with Crippen LogP contribution in [0.4, 0.5) is 0 Å². The van der Waals surface area contributed by atoms with Crippen LogP contribution >= 0.6 is 46.4 Å². The number of carboxylic acid groups (broad SMARTS) is 1. The zero-order chi connectivity index (χ0) is 49.5. The van der Waals surface area contributed by atoms with Crippen molar-refractivity contribution in [3.05, 3.63) is 174 Å². The Morgan fingerprint density at radius 1 is 0.543 bits per heavy atom. The van der Waals surface area contributed by atoms with Crippen LogP contribution in [0.2, 0.25) is 20.1 Å². The third kappa shape index (κ3) is 11.3. The molecule has 2 atom stereocenters. The highest BCUT2D eigenvalue weighted by molar-refractivity contribution is 6.36. The van der Waals surface area contributed by atoms with Gasteiger partial charge in [-0.15, -0.1) is 0 Å². The number of benzene rings is 6. The number of fused-ring (bicyclic) bond motifs is 6. The fraction of sp³-hybridized carbons (Fsp3) is 0.241. The number of methoxy groups -OCH3 is 4. The van der Waals surface area contributed by atoms with Crippen LogP contribution < -0.4 is 39.1 Å². The average molecular weight is 1030 g/mol. The van der Waals surface area contributed by atoms with E-state index >= 15 is 0 Å². The van der Waals surface area contributed by atoms with Crippen molar-refractivity contribution < 1.29 is 38.3 Å². The van der Waals surface area contributed by atoms with Crippen LogP contribution in [0.5, 0.6) is 34.5 Å². The highest BCUT2D eigenvalue weighted by Gasteiger charge is 2.28. The quantitative estimate of drug-likeness (QED) is 0.0801. The second-order valence-electron chi connectivity index (χ2n) is 16.5. The Hall–Kier alpha value is -6.25. The van der Waals surface area contributed by atoms with E-state index in [4.69, 9.17) is 84.7 Å². The smallest absolute Gasteiger partial charge is 0.300 e. The van der Waals surface area contributed by atoms with Crippen molar-refractivity contribution in [1.82, 2.24) is 20.6 Å². The average Bonchev–Trinajstić information content (AvgIpc) is 3.93. The van der Waals surface area contributed by atoms with Gasteiger partial charge < -0.3 is 54.1 Å². The van der Waals surface area contributed by atoms with Crippen molar-refractivity contribution in [2.45, 2.75) is 45.1 Å². The molecule has 2 aliphatic rings. The van der Waals surface area contributed by atoms with Gasteiger partial charge in [-0.1, -0.05) is 58.5 Å². The van der Waals surface area contributed by atoms with E-state index in [1.165, 1.54) is 33.3 Å². The van der Waals surface area contributed by atoms with Crippen LogP contribution in [0, 0.1) is 0 Å². The highest BCUT2D eigenvalue weighted by atomic mass is 35.5. The Bertz CT molecular complexity index is 2950. The highest BCUT2D eigenvalue weighted by Crippen LogP contribution is 2.39. The molecule has 12 nitrogen and oxygen atoms in total. The van der Waals surface area contributed by atoms with Gasteiger partial charge in [0.05, 0.1) is 50.6 Å². The van der Waals surface area contributed by atoms with E-state index in [0.717, 1.165) is 89.1 Å². The van der Waals surface area contributed by atoms with Crippen molar-refractivity contribution in [2.24, 2.45) is 0 Å². The largest absolute Gasteiger partial charge is 0.497 e. The SMILES string of the molecule is CC(=O)O.COc1ccc2[nH]c3c(c2c1)CCNC3c1ccc(OC)c(COc2ccc(Cl)cc2Cl)c1.COc1ccc2[nH]c3c(c2c1)CCNC3c1ccc(OC)c(COc2ccc(Cl)cc2Cl)c1. The standard InChI is InChI=1S/2C26H24Cl2N2O3.C2H4O2/c2*1-31-18-5-6-22-20(13-18)19-9-10-29-25(26(19)30-22)15-3-7-23(32-2)16(11-15)14-33-24-8-4-17(27)12-21(24)28;1-2(3)4/h2*3-8,11-13,25,29-30H,9-10,14H2,1-2H3;1H3,(H,3,4). The molecule has 0 spiro atoms. The molecule has 0 amide bonds. The van der Waals surface area contributed by atoms with Gasteiger partial charge in [0, 0.05) is 74.4 Å². The maximum atomic E-state index is 9.00. The number of aromatic amines is 2. The number of carbonyl (C=O) groups is 1. The molecule has 10 rings (SSSR count). The van der Waals surface area contributed by atoms with Crippen LogP contribution in [0.25, 0.3) is 21.8 Å². The second-order valence-corrected chi connectivity index (χ2v) is 18.2. The molecular weight excluding hydrogens is 974 g/mol. The molecule has 5 N–H and O–H groups in total. The zero-order valence-electron chi connectivity index (χ0n) is 39.1. The molecule has 70 heavy (non-hydrogen) atoms. The summed E-state index contributed by atoms with van der Waals surface area (Å²) in [5, 5.41) is 19.2. The van der Waals surface area contributed by atoms with E-state index < -0.39 is 5.97 Å². The predicted octanol–water partition coefficient (Wildman–Crippen LogP) is 12.7. The molecule has 0 saturated carbocycles. The summed E-state index contributed by atoms with van der Waals surface area (Å²) in [7, 11) is 6.72. The minimum Gasteiger partial charge on any atom is -0.497 e. The normalized spacial score (nSPS) is 14.8.